The molecule has 0 radical (unpaired) electrons. The molecule has 0 N–H and O–H groups in total. The lowest BCUT2D eigenvalue weighted by atomic mass is 9.78. The molecule has 3 heteroatoms. The first kappa shape index (κ1) is 29.0. The summed E-state index contributed by atoms with van der Waals surface area (Å²) in [5.41, 5.74) is 4.46. The number of nitrogens with zero attached hydrogens (tertiary/aromatic N) is 1. The Bertz CT molecular complexity index is 980. The zero-order valence-corrected chi connectivity index (χ0v) is 23.3. The zero-order valence-electron chi connectivity index (χ0n) is 23.3. The second kappa shape index (κ2) is 16.3. The molecule has 2 aromatic rings. The van der Waals surface area contributed by atoms with Gasteiger partial charge >= 0.3 is 5.97 Å². The van der Waals surface area contributed by atoms with E-state index in [0.29, 0.717) is 17.2 Å². The van der Waals surface area contributed by atoms with Crippen molar-refractivity contribution in [2.45, 2.75) is 122 Å². The van der Waals surface area contributed by atoms with Crippen LogP contribution in [0.15, 0.2) is 42.5 Å². The number of carbonyl (C=O) groups is 1. The summed E-state index contributed by atoms with van der Waals surface area (Å²) < 4.78 is 5.74. The van der Waals surface area contributed by atoms with Gasteiger partial charge in [-0.05, 0) is 86.1 Å². The van der Waals surface area contributed by atoms with E-state index in [1.54, 1.807) is 0 Å². The fraction of sp³-hybridized carbons (Fsp3) is 0.588. The van der Waals surface area contributed by atoms with Crippen molar-refractivity contribution in [2.75, 3.05) is 0 Å². The van der Waals surface area contributed by atoms with Gasteiger partial charge in [0.15, 0.2) is 0 Å². The Morgan fingerprint density at radius 2 is 1.35 bits per heavy atom. The average Bonchev–Trinajstić information content (AvgIpc) is 2.94. The minimum atomic E-state index is -0.181. The average molecular weight is 502 g/mol. The lowest BCUT2D eigenvalue weighted by molar-refractivity contribution is -0.140. The van der Waals surface area contributed by atoms with Gasteiger partial charge in [-0.2, -0.15) is 5.26 Å². The second-order valence-electron chi connectivity index (χ2n) is 11.0. The molecule has 0 aromatic heterocycles. The fourth-order valence-electron chi connectivity index (χ4n) is 5.58. The van der Waals surface area contributed by atoms with Gasteiger partial charge < -0.3 is 4.74 Å². The Balaban J connectivity index is 1.43. The van der Waals surface area contributed by atoms with E-state index in [0.717, 1.165) is 44.1 Å². The van der Waals surface area contributed by atoms with Gasteiger partial charge in [-0.1, -0.05) is 95.5 Å². The molecule has 1 aliphatic carbocycles. The molecule has 2 aromatic carbocycles. The van der Waals surface area contributed by atoms with Gasteiger partial charge in [0.1, 0.15) is 11.8 Å². The molecule has 0 saturated heterocycles. The van der Waals surface area contributed by atoms with E-state index in [1.165, 1.54) is 75.3 Å². The Labute approximate surface area is 225 Å². The zero-order chi connectivity index (χ0) is 26.3. The number of benzene rings is 2. The molecule has 3 rings (SSSR count). The highest BCUT2D eigenvalue weighted by Gasteiger charge is 2.29. The van der Waals surface area contributed by atoms with Gasteiger partial charge in [-0.25, -0.2) is 0 Å². The van der Waals surface area contributed by atoms with E-state index in [4.69, 9.17) is 4.74 Å². The Hall–Kier alpha value is -2.60. The molecule has 200 valence electrons. The molecule has 3 nitrogen and oxygen atoms in total. The van der Waals surface area contributed by atoms with Crippen molar-refractivity contribution in [3.8, 4) is 11.8 Å². The highest BCUT2D eigenvalue weighted by atomic mass is 16.5. The van der Waals surface area contributed by atoms with Crippen LogP contribution in [0.1, 0.15) is 132 Å². The van der Waals surface area contributed by atoms with Crippen LogP contribution in [0.2, 0.25) is 0 Å². The largest absolute Gasteiger partial charge is 0.425 e. The Morgan fingerprint density at radius 1 is 0.784 bits per heavy atom. The number of hydrogen-bond donors (Lipinski definition) is 0. The maximum atomic E-state index is 12.9. The van der Waals surface area contributed by atoms with Gasteiger partial charge in [0, 0.05) is 0 Å². The van der Waals surface area contributed by atoms with Crippen molar-refractivity contribution in [1.82, 2.24) is 0 Å². The lowest BCUT2D eigenvalue weighted by Crippen LogP contribution is -2.25. The van der Waals surface area contributed by atoms with E-state index in [-0.39, 0.29) is 11.9 Å². The van der Waals surface area contributed by atoms with Crippen LogP contribution in [-0.2, 0) is 17.6 Å². The van der Waals surface area contributed by atoms with Gasteiger partial charge in [0.2, 0.25) is 0 Å². The number of carbonyl (C=O) groups excluding carboxylic acids is 1. The molecule has 0 spiro atoms. The quantitative estimate of drug-likeness (QED) is 0.139. The molecule has 0 heterocycles. The predicted octanol–water partition coefficient (Wildman–Crippen LogP) is 9.46. The van der Waals surface area contributed by atoms with E-state index >= 15 is 0 Å². The number of aryl methyl sites for hydroxylation is 2. The molecule has 0 unspecified atom stereocenters. The SMILES string of the molecule is CCCCCCCCc1ccc(C2CCC(C(=O)Oc3ccc(CCCCCC)cc3C#N)CC2)cc1. The summed E-state index contributed by atoms with van der Waals surface area (Å²) >= 11 is 0. The van der Waals surface area contributed by atoms with Gasteiger partial charge in [0.25, 0.3) is 0 Å². The summed E-state index contributed by atoms with van der Waals surface area (Å²) in [5, 5.41) is 9.61. The number of rotatable bonds is 15. The third-order valence-corrected chi connectivity index (χ3v) is 8.02. The molecule has 0 atom stereocenters. The lowest BCUT2D eigenvalue weighted by Gasteiger charge is -2.27. The maximum absolute atomic E-state index is 12.9. The number of esters is 1. The first-order valence-corrected chi connectivity index (χ1v) is 15.0. The third kappa shape index (κ3) is 9.66. The van der Waals surface area contributed by atoms with Crippen LogP contribution in [0.5, 0.6) is 5.75 Å². The van der Waals surface area contributed by atoms with Crippen molar-refractivity contribution < 1.29 is 9.53 Å². The molecular weight excluding hydrogens is 454 g/mol. The summed E-state index contributed by atoms with van der Waals surface area (Å²) in [4.78, 5) is 12.9. The molecule has 1 fully saturated rings. The highest BCUT2D eigenvalue weighted by molar-refractivity contribution is 5.76. The van der Waals surface area contributed by atoms with E-state index < -0.39 is 0 Å². The summed E-state index contributed by atoms with van der Waals surface area (Å²) in [6, 6.07) is 17.1. The van der Waals surface area contributed by atoms with Crippen LogP contribution in [0.4, 0.5) is 0 Å². The standard InChI is InChI=1S/C34H47NO2/c1-3-5-7-9-10-12-13-27-15-18-29(19-16-27)30-20-22-31(23-21-30)34(36)37-33-24-17-28(25-32(33)26-35)14-11-8-6-4-2/h15-19,24-25,30-31H,3-14,20-23H2,1-2H3. The third-order valence-electron chi connectivity index (χ3n) is 8.02. The molecule has 0 bridgehead atoms. The van der Waals surface area contributed by atoms with Crippen molar-refractivity contribution in [3.05, 3.63) is 64.7 Å². The van der Waals surface area contributed by atoms with Crippen molar-refractivity contribution in [3.63, 3.8) is 0 Å². The van der Waals surface area contributed by atoms with E-state index in [1.807, 2.05) is 18.2 Å². The smallest absolute Gasteiger partial charge is 0.314 e. The first-order chi connectivity index (χ1) is 18.1. The van der Waals surface area contributed by atoms with Crippen LogP contribution in [-0.4, -0.2) is 5.97 Å². The molecule has 1 aliphatic rings. The van der Waals surface area contributed by atoms with E-state index in [9.17, 15) is 10.1 Å². The van der Waals surface area contributed by atoms with Crippen LogP contribution >= 0.6 is 0 Å². The number of unbranched alkanes of at least 4 members (excludes halogenated alkanes) is 8. The number of nitriles is 1. The number of ether oxygens (including phenoxy) is 1. The molecule has 1 saturated carbocycles. The van der Waals surface area contributed by atoms with Crippen LogP contribution in [0.25, 0.3) is 0 Å². The van der Waals surface area contributed by atoms with Gasteiger partial charge in [-0.15, -0.1) is 0 Å². The van der Waals surface area contributed by atoms with E-state index in [2.05, 4.69) is 44.2 Å². The summed E-state index contributed by atoms with van der Waals surface area (Å²) in [6.45, 7) is 4.47. The van der Waals surface area contributed by atoms with Crippen LogP contribution in [0.3, 0.4) is 0 Å². The van der Waals surface area contributed by atoms with Gasteiger partial charge in [0.05, 0.1) is 11.5 Å². The highest BCUT2D eigenvalue weighted by Crippen LogP contribution is 2.37. The monoisotopic (exact) mass is 501 g/mol. The van der Waals surface area contributed by atoms with Crippen molar-refractivity contribution in [1.29, 1.82) is 5.26 Å². The first-order valence-electron chi connectivity index (χ1n) is 15.0. The minimum Gasteiger partial charge on any atom is -0.425 e. The number of hydrogen-bond acceptors (Lipinski definition) is 3. The topological polar surface area (TPSA) is 50.1 Å². The summed E-state index contributed by atoms with van der Waals surface area (Å²) in [6.07, 6.45) is 18.7. The van der Waals surface area contributed by atoms with Crippen molar-refractivity contribution in [2.24, 2.45) is 5.92 Å². The normalized spacial score (nSPS) is 17.3. The maximum Gasteiger partial charge on any atom is 0.314 e. The summed E-state index contributed by atoms with van der Waals surface area (Å²) in [7, 11) is 0. The summed E-state index contributed by atoms with van der Waals surface area (Å²) in [5.74, 6) is 0.671. The minimum absolute atomic E-state index is 0.0801. The second-order valence-corrected chi connectivity index (χ2v) is 11.0. The fourth-order valence-corrected chi connectivity index (χ4v) is 5.58. The molecule has 0 aliphatic heterocycles. The van der Waals surface area contributed by atoms with Crippen LogP contribution < -0.4 is 4.74 Å². The predicted molar refractivity (Wildman–Crippen MR) is 153 cm³/mol. The van der Waals surface area contributed by atoms with Gasteiger partial charge in [-0.3, -0.25) is 4.79 Å². The Kier molecular flexibility index (Phi) is 12.7. The molecule has 37 heavy (non-hydrogen) atoms. The molecule has 0 amide bonds. The van der Waals surface area contributed by atoms with Crippen molar-refractivity contribution >= 4 is 5.97 Å². The molecular formula is C34H47NO2. The Morgan fingerprint density at radius 3 is 2.00 bits per heavy atom. The van der Waals surface area contributed by atoms with Crippen LogP contribution in [0, 0.1) is 17.2 Å².